The number of aromatic nitrogens is 1. The average Bonchev–Trinajstić information content (AvgIpc) is 3.07. The van der Waals surface area contributed by atoms with E-state index in [9.17, 15) is 4.39 Å². The van der Waals surface area contributed by atoms with Crippen molar-refractivity contribution in [1.82, 2.24) is 4.98 Å². The molecule has 3 atom stereocenters. The number of fused-ring (bicyclic) bond motifs is 2. The van der Waals surface area contributed by atoms with Crippen LogP contribution in [0.5, 0.6) is 0 Å². The molecule has 1 spiro atoms. The van der Waals surface area contributed by atoms with Crippen molar-refractivity contribution in [2.75, 3.05) is 11.9 Å². The summed E-state index contributed by atoms with van der Waals surface area (Å²) in [5.74, 6) is 0.939. The summed E-state index contributed by atoms with van der Waals surface area (Å²) in [5.41, 5.74) is 3.99. The monoisotopic (exact) mass is 447 g/mol. The number of aliphatic imine (C=N–C) groups is 1. The number of rotatable bonds is 5. The van der Waals surface area contributed by atoms with Gasteiger partial charge in [0.15, 0.2) is 5.13 Å². The fourth-order valence-corrected chi connectivity index (χ4v) is 6.97. The minimum Gasteiger partial charge on any atom is -0.361 e. The van der Waals surface area contributed by atoms with Gasteiger partial charge in [-0.15, -0.1) is 0 Å². The Morgan fingerprint density at radius 1 is 1.19 bits per heavy atom. The normalized spacial score (nSPS) is 31.3. The Balaban J connectivity index is 1.07. The molecule has 2 saturated carbocycles. The molecule has 1 aromatic carbocycles. The van der Waals surface area contributed by atoms with E-state index in [4.69, 9.17) is 4.99 Å². The number of benzene rings is 1. The number of anilines is 1. The number of allylic oxidation sites excluding steroid dienone is 5. The molecule has 5 heteroatoms. The molecule has 1 aromatic heterocycles. The summed E-state index contributed by atoms with van der Waals surface area (Å²) in [4.78, 5) is 9.62. The zero-order valence-corrected chi connectivity index (χ0v) is 19.4. The van der Waals surface area contributed by atoms with Gasteiger partial charge in [0.1, 0.15) is 5.82 Å². The Morgan fingerprint density at radius 2 is 2.06 bits per heavy atom. The van der Waals surface area contributed by atoms with Crippen molar-refractivity contribution in [1.29, 1.82) is 0 Å². The van der Waals surface area contributed by atoms with E-state index in [1.165, 1.54) is 61.6 Å². The van der Waals surface area contributed by atoms with Crippen LogP contribution < -0.4 is 5.32 Å². The molecule has 0 saturated heterocycles. The van der Waals surface area contributed by atoms with Crippen LogP contribution in [0.3, 0.4) is 0 Å². The molecule has 1 N–H and O–H groups in total. The number of hydrogen-bond acceptors (Lipinski definition) is 4. The summed E-state index contributed by atoms with van der Waals surface area (Å²) >= 11 is 1.52. The van der Waals surface area contributed by atoms with E-state index in [2.05, 4.69) is 47.6 Å². The Hall–Kier alpha value is -2.27. The number of thiazole rings is 1. The van der Waals surface area contributed by atoms with E-state index >= 15 is 0 Å². The molecular formula is C27H30FN3S. The van der Waals surface area contributed by atoms with Crippen LogP contribution in [0.1, 0.15) is 51.9 Å². The first kappa shape index (κ1) is 20.3. The van der Waals surface area contributed by atoms with Crippen molar-refractivity contribution in [2.24, 2.45) is 27.7 Å². The molecule has 3 unspecified atom stereocenters. The standard InChI is InChI=1S/C27H30FN3S/c1-18-16-26(8-2-3-9-26)10-7-22(18)30-21-6-11-27(17-19(27)14-21)12-13-29-25-31-23-5-4-20(28)15-24(23)32-25/h4-7,10-11,14-15,18-19H,2-3,8-9,12-13,16-17H2,1H3,(H,29,31). The predicted octanol–water partition coefficient (Wildman–Crippen LogP) is 7.29. The van der Waals surface area contributed by atoms with Gasteiger partial charge in [0.05, 0.1) is 15.9 Å². The number of halogens is 1. The molecular weight excluding hydrogens is 417 g/mol. The van der Waals surface area contributed by atoms with Crippen molar-refractivity contribution in [3.05, 3.63) is 60.1 Å². The molecule has 32 heavy (non-hydrogen) atoms. The summed E-state index contributed by atoms with van der Waals surface area (Å²) in [7, 11) is 0. The lowest BCUT2D eigenvalue weighted by atomic mass is 9.73. The van der Waals surface area contributed by atoms with Gasteiger partial charge in [-0.1, -0.05) is 49.3 Å². The smallest absolute Gasteiger partial charge is 0.183 e. The van der Waals surface area contributed by atoms with Gasteiger partial charge >= 0.3 is 0 Å². The van der Waals surface area contributed by atoms with Crippen LogP contribution in [0, 0.1) is 28.5 Å². The second kappa shape index (κ2) is 7.65. The van der Waals surface area contributed by atoms with E-state index in [-0.39, 0.29) is 11.2 Å². The van der Waals surface area contributed by atoms with Gasteiger partial charge in [-0.05, 0) is 85.1 Å². The van der Waals surface area contributed by atoms with E-state index in [0.717, 1.165) is 34.0 Å². The Bertz CT molecular complexity index is 1170. The van der Waals surface area contributed by atoms with Crippen molar-refractivity contribution < 1.29 is 4.39 Å². The van der Waals surface area contributed by atoms with Crippen LogP contribution in [0.15, 0.2) is 59.3 Å². The number of hydrogen-bond donors (Lipinski definition) is 1. The third kappa shape index (κ3) is 3.75. The summed E-state index contributed by atoms with van der Waals surface area (Å²) in [6, 6.07) is 4.77. The van der Waals surface area contributed by atoms with Gasteiger partial charge < -0.3 is 5.32 Å². The molecule has 6 rings (SSSR count). The first-order chi connectivity index (χ1) is 15.5. The number of nitrogens with zero attached hydrogens (tertiary/aromatic N) is 2. The fourth-order valence-electron chi connectivity index (χ4n) is 6.06. The SMILES string of the molecule is CC1CC2(C=CC1=NC1=CC3CC3(CCNc3nc4ccc(F)cc4s3)C=C1)CCCC2. The lowest BCUT2D eigenvalue weighted by Crippen LogP contribution is -2.26. The Kier molecular flexibility index (Phi) is 4.87. The van der Waals surface area contributed by atoms with Crippen molar-refractivity contribution >= 4 is 32.4 Å². The van der Waals surface area contributed by atoms with Crippen LogP contribution in [-0.2, 0) is 0 Å². The molecule has 3 nitrogen and oxygen atoms in total. The zero-order valence-electron chi connectivity index (χ0n) is 18.6. The predicted molar refractivity (Wildman–Crippen MR) is 132 cm³/mol. The number of nitrogens with one attached hydrogen (secondary N) is 1. The Morgan fingerprint density at radius 3 is 2.88 bits per heavy atom. The molecule has 0 amide bonds. The van der Waals surface area contributed by atoms with E-state index < -0.39 is 0 Å². The van der Waals surface area contributed by atoms with E-state index in [1.54, 1.807) is 12.1 Å². The maximum Gasteiger partial charge on any atom is 0.183 e. The summed E-state index contributed by atoms with van der Waals surface area (Å²) in [5, 5.41) is 4.33. The molecule has 0 aliphatic heterocycles. The summed E-state index contributed by atoms with van der Waals surface area (Å²) in [6.45, 7) is 3.22. The highest BCUT2D eigenvalue weighted by atomic mass is 32.1. The van der Waals surface area contributed by atoms with Crippen LogP contribution >= 0.6 is 11.3 Å². The minimum absolute atomic E-state index is 0.206. The highest BCUT2D eigenvalue weighted by molar-refractivity contribution is 7.22. The molecule has 4 aliphatic rings. The Labute approximate surface area is 193 Å². The summed E-state index contributed by atoms with van der Waals surface area (Å²) < 4.78 is 14.3. The average molecular weight is 448 g/mol. The second-order valence-electron chi connectivity index (χ2n) is 10.3. The van der Waals surface area contributed by atoms with Crippen LogP contribution in [0.25, 0.3) is 10.2 Å². The zero-order chi connectivity index (χ0) is 21.8. The molecule has 4 aliphatic carbocycles. The van der Waals surface area contributed by atoms with E-state index in [1.807, 2.05) is 0 Å². The largest absolute Gasteiger partial charge is 0.361 e. The van der Waals surface area contributed by atoms with Gasteiger partial charge in [-0.2, -0.15) is 0 Å². The highest BCUT2D eigenvalue weighted by Gasteiger charge is 2.51. The lowest BCUT2D eigenvalue weighted by molar-refractivity contribution is 0.327. The van der Waals surface area contributed by atoms with Crippen LogP contribution in [-0.4, -0.2) is 17.2 Å². The van der Waals surface area contributed by atoms with Crippen LogP contribution in [0.4, 0.5) is 9.52 Å². The minimum atomic E-state index is -0.206. The maximum absolute atomic E-state index is 13.4. The molecule has 1 heterocycles. The van der Waals surface area contributed by atoms with Gasteiger partial charge in [0.25, 0.3) is 0 Å². The first-order valence-electron chi connectivity index (χ1n) is 12.0. The van der Waals surface area contributed by atoms with E-state index in [0.29, 0.717) is 17.3 Å². The topological polar surface area (TPSA) is 37.3 Å². The molecule has 2 aromatic rings. The quantitative estimate of drug-likeness (QED) is 0.522. The van der Waals surface area contributed by atoms with Gasteiger partial charge in [0.2, 0.25) is 0 Å². The molecule has 0 bridgehead atoms. The highest BCUT2D eigenvalue weighted by Crippen LogP contribution is 2.59. The third-order valence-electron chi connectivity index (χ3n) is 8.04. The molecule has 2 fully saturated rings. The fraction of sp³-hybridized carbons (Fsp3) is 0.481. The van der Waals surface area contributed by atoms with Crippen molar-refractivity contribution in [2.45, 2.75) is 51.9 Å². The summed E-state index contributed by atoms with van der Waals surface area (Å²) in [6.07, 6.45) is 20.8. The van der Waals surface area contributed by atoms with Gasteiger partial charge in [0, 0.05) is 12.3 Å². The van der Waals surface area contributed by atoms with Crippen molar-refractivity contribution in [3.8, 4) is 0 Å². The first-order valence-corrected chi connectivity index (χ1v) is 12.8. The van der Waals surface area contributed by atoms with Crippen molar-refractivity contribution in [3.63, 3.8) is 0 Å². The lowest BCUT2D eigenvalue weighted by Gasteiger charge is -2.33. The second-order valence-corrected chi connectivity index (χ2v) is 11.4. The maximum atomic E-state index is 13.4. The van der Waals surface area contributed by atoms with Gasteiger partial charge in [-0.25, -0.2) is 9.37 Å². The van der Waals surface area contributed by atoms with Gasteiger partial charge in [-0.3, -0.25) is 4.99 Å². The molecule has 0 radical (unpaired) electrons. The third-order valence-corrected chi connectivity index (χ3v) is 9.01. The molecule has 166 valence electrons. The van der Waals surface area contributed by atoms with Crippen LogP contribution in [0.2, 0.25) is 0 Å².